The van der Waals surface area contributed by atoms with Gasteiger partial charge in [-0.3, -0.25) is 9.69 Å². The number of hydrogen-bond donors (Lipinski definition) is 0. The van der Waals surface area contributed by atoms with E-state index in [-0.39, 0.29) is 11.9 Å². The Balaban J connectivity index is 1.72. The van der Waals surface area contributed by atoms with E-state index < -0.39 is 12.2 Å². The van der Waals surface area contributed by atoms with Gasteiger partial charge in [0.2, 0.25) is 0 Å². The molecule has 3 rings (SSSR count). The summed E-state index contributed by atoms with van der Waals surface area (Å²) in [5, 5.41) is 0. The maximum atomic E-state index is 12.3. The predicted molar refractivity (Wildman–Crippen MR) is 78.8 cm³/mol. The number of nitrogens with zero attached hydrogens (tertiary/aromatic N) is 4. The molecule has 21 heavy (non-hydrogen) atoms. The molecule has 2 atom stereocenters. The Morgan fingerprint density at radius 2 is 1.86 bits per heavy atom. The first-order valence-electron chi connectivity index (χ1n) is 6.97. The SMILES string of the molecule is CN1C(=O)C2C(N=CN2CCc2ccccc2)N(C)C1=O. The van der Waals surface area contributed by atoms with Crippen LogP contribution in [0, 0.1) is 0 Å². The van der Waals surface area contributed by atoms with Crippen molar-refractivity contribution in [1.29, 1.82) is 0 Å². The first-order chi connectivity index (χ1) is 10.1. The molecule has 1 fully saturated rings. The molecule has 1 aromatic rings. The monoisotopic (exact) mass is 286 g/mol. The summed E-state index contributed by atoms with van der Waals surface area (Å²) in [5.41, 5.74) is 1.22. The zero-order valence-corrected chi connectivity index (χ0v) is 12.1. The summed E-state index contributed by atoms with van der Waals surface area (Å²) < 4.78 is 0. The Morgan fingerprint density at radius 3 is 2.57 bits per heavy atom. The van der Waals surface area contributed by atoms with Crippen LogP contribution in [0.2, 0.25) is 0 Å². The van der Waals surface area contributed by atoms with E-state index in [9.17, 15) is 9.59 Å². The first-order valence-corrected chi connectivity index (χ1v) is 6.97. The zero-order valence-electron chi connectivity index (χ0n) is 12.1. The van der Waals surface area contributed by atoms with E-state index in [1.54, 1.807) is 13.4 Å². The second-order valence-electron chi connectivity index (χ2n) is 5.39. The lowest BCUT2D eigenvalue weighted by molar-refractivity contribution is -0.136. The lowest BCUT2D eigenvalue weighted by Gasteiger charge is -2.39. The lowest BCUT2D eigenvalue weighted by atomic mass is 10.1. The summed E-state index contributed by atoms with van der Waals surface area (Å²) in [4.78, 5) is 33.2. The van der Waals surface area contributed by atoms with Gasteiger partial charge in [0.25, 0.3) is 5.91 Å². The van der Waals surface area contributed by atoms with Crippen LogP contribution in [0.3, 0.4) is 0 Å². The number of hydrogen-bond acceptors (Lipinski definition) is 4. The van der Waals surface area contributed by atoms with Gasteiger partial charge in [0.1, 0.15) is 0 Å². The predicted octanol–water partition coefficient (Wildman–Crippen LogP) is 0.791. The smallest absolute Gasteiger partial charge is 0.328 e. The molecule has 0 aliphatic carbocycles. The van der Waals surface area contributed by atoms with Crippen LogP contribution < -0.4 is 0 Å². The highest BCUT2D eigenvalue weighted by Crippen LogP contribution is 2.24. The van der Waals surface area contributed by atoms with Gasteiger partial charge in [-0.1, -0.05) is 30.3 Å². The van der Waals surface area contributed by atoms with Crippen molar-refractivity contribution in [2.45, 2.75) is 18.6 Å². The fourth-order valence-corrected chi connectivity index (χ4v) is 2.80. The molecule has 0 aromatic heterocycles. The molecule has 2 aliphatic heterocycles. The van der Waals surface area contributed by atoms with Gasteiger partial charge in [-0.15, -0.1) is 0 Å². The molecule has 2 aliphatic rings. The molecule has 0 N–H and O–H groups in total. The fourth-order valence-electron chi connectivity index (χ4n) is 2.80. The number of likely N-dealkylation sites (N-methyl/N-ethyl adjacent to an activating group) is 2. The standard InChI is InChI=1S/C15H18N4O2/c1-17-13-12(14(20)18(2)15(17)21)19(10-16-13)9-8-11-6-4-3-5-7-11/h3-7,10,12-13H,8-9H2,1-2H3. The van der Waals surface area contributed by atoms with E-state index in [1.165, 1.54) is 22.4 Å². The molecular formula is C15H18N4O2. The third-order valence-electron chi connectivity index (χ3n) is 4.08. The highest BCUT2D eigenvalue weighted by atomic mass is 16.2. The van der Waals surface area contributed by atoms with Crippen molar-refractivity contribution in [2.24, 2.45) is 4.99 Å². The van der Waals surface area contributed by atoms with E-state index in [0.717, 1.165) is 6.42 Å². The van der Waals surface area contributed by atoms with Crippen LogP contribution in [0.4, 0.5) is 4.79 Å². The largest absolute Gasteiger partial charge is 0.347 e. The summed E-state index contributed by atoms with van der Waals surface area (Å²) in [5.74, 6) is -0.186. The molecular weight excluding hydrogens is 268 g/mol. The van der Waals surface area contributed by atoms with Gasteiger partial charge in [0.05, 0.1) is 6.34 Å². The average Bonchev–Trinajstić information content (AvgIpc) is 2.94. The van der Waals surface area contributed by atoms with E-state index in [0.29, 0.717) is 6.54 Å². The van der Waals surface area contributed by atoms with E-state index in [2.05, 4.69) is 17.1 Å². The van der Waals surface area contributed by atoms with Gasteiger partial charge < -0.3 is 9.80 Å². The fraction of sp³-hybridized carbons (Fsp3) is 0.400. The zero-order chi connectivity index (χ0) is 15.0. The Bertz CT molecular complexity index is 587. The van der Waals surface area contributed by atoms with Crippen LogP contribution in [-0.2, 0) is 11.2 Å². The van der Waals surface area contributed by atoms with Crippen LogP contribution in [0.5, 0.6) is 0 Å². The van der Waals surface area contributed by atoms with Gasteiger partial charge in [0, 0.05) is 20.6 Å². The molecule has 0 saturated carbocycles. The van der Waals surface area contributed by atoms with Crippen molar-refractivity contribution in [2.75, 3.05) is 20.6 Å². The molecule has 1 aromatic carbocycles. The Hall–Kier alpha value is -2.37. The highest BCUT2D eigenvalue weighted by molar-refractivity contribution is 6.01. The Kier molecular flexibility index (Phi) is 3.37. The van der Waals surface area contributed by atoms with E-state index in [1.807, 2.05) is 23.1 Å². The molecule has 2 unspecified atom stereocenters. The van der Waals surface area contributed by atoms with Gasteiger partial charge in [-0.05, 0) is 12.0 Å². The molecule has 1 saturated heterocycles. The number of urea groups is 1. The summed E-state index contributed by atoms with van der Waals surface area (Å²) >= 11 is 0. The van der Waals surface area contributed by atoms with Crippen LogP contribution in [0.25, 0.3) is 0 Å². The van der Waals surface area contributed by atoms with Gasteiger partial charge >= 0.3 is 6.03 Å². The van der Waals surface area contributed by atoms with E-state index in [4.69, 9.17) is 0 Å². The normalized spacial score (nSPS) is 24.8. The summed E-state index contributed by atoms with van der Waals surface area (Å²) in [7, 11) is 3.20. The maximum Gasteiger partial charge on any atom is 0.328 e. The van der Waals surface area contributed by atoms with Gasteiger partial charge in [-0.2, -0.15) is 0 Å². The number of aliphatic imine (C=N–C) groups is 1. The number of imide groups is 1. The minimum absolute atomic E-state index is 0.186. The average molecular weight is 286 g/mol. The Morgan fingerprint density at radius 1 is 1.14 bits per heavy atom. The molecule has 0 radical (unpaired) electrons. The Labute approximate surface area is 123 Å². The van der Waals surface area contributed by atoms with Crippen molar-refractivity contribution in [3.8, 4) is 0 Å². The minimum Gasteiger partial charge on any atom is -0.347 e. The first kappa shape index (κ1) is 13.6. The van der Waals surface area contributed by atoms with Crippen molar-refractivity contribution < 1.29 is 9.59 Å². The van der Waals surface area contributed by atoms with Crippen LogP contribution >= 0.6 is 0 Å². The third kappa shape index (κ3) is 2.26. The summed E-state index contributed by atoms with van der Waals surface area (Å²) in [6.07, 6.45) is 2.13. The highest BCUT2D eigenvalue weighted by Gasteiger charge is 2.48. The number of amides is 3. The summed E-state index contributed by atoms with van der Waals surface area (Å²) in [6, 6.07) is 9.41. The minimum atomic E-state index is -0.406. The van der Waals surface area contributed by atoms with Crippen molar-refractivity contribution in [1.82, 2.24) is 14.7 Å². The van der Waals surface area contributed by atoms with Crippen LogP contribution in [0.15, 0.2) is 35.3 Å². The second-order valence-corrected chi connectivity index (χ2v) is 5.39. The molecule has 6 heteroatoms. The number of benzene rings is 1. The molecule has 0 bridgehead atoms. The third-order valence-corrected chi connectivity index (χ3v) is 4.08. The topological polar surface area (TPSA) is 56.2 Å². The molecule has 2 heterocycles. The van der Waals surface area contributed by atoms with Crippen molar-refractivity contribution in [3.05, 3.63) is 35.9 Å². The maximum absolute atomic E-state index is 12.3. The molecule has 110 valence electrons. The van der Waals surface area contributed by atoms with Crippen molar-refractivity contribution >= 4 is 18.3 Å². The number of fused-ring (bicyclic) bond motifs is 1. The van der Waals surface area contributed by atoms with Crippen LogP contribution in [-0.4, -0.2) is 65.8 Å². The quantitative estimate of drug-likeness (QED) is 0.825. The molecule has 6 nitrogen and oxygen atoms in total. The number of rotatable bonds is 3. The molecule has 0 spiro atoms. The second kappa shape index (κ2) is 5.20. The van der Waals surface area contributed by atoms with Gasteiger partial charge in [-0.25, -0.2) is 9.79 Å². The number of carbonyl (C=O) groups excluding carboxylic acids is 2. The van der Waals surface area contributed by atoms with Crippen molar-refractivity contribution in [3.63, 3.8) is 0 Å². The molecule has 3 amide bonds. The summed E-state index contributed by atoms with van der Waals surface area (Å²) in [6.45, 7) is 0.705. The van der Waals surface area contributed by atoms with E-state index >= 15 is 0 Å². The lowest BCUT2D eigenvalue weighted by Crippen LogP contribution is -2.63. The number of carbonyl (C=O) groups is 2. The van der Waals surface area contributed by atoms with Crippen LogP contribution in [0.1, 0.15) is 5.56 Å². The van der Waals surface area contributed by atoms with Gasteiger partial charge in [0.15, 0.2) is 12.2 Å².